The van der Waals surface area contributed by atoms with E-state index in [0.717, 1.165) is 18.6 Å². The van der Waals surface area contributed by atoms with E-state index in [1.807, 2.05) is 6.92 Å². The third kappa shape index (κ3) is 3.80. The maximum absolute atomic E-state index is 12.5. The van der Waals surface area contributed by atoms with E-state index >= 15 is 0 Å². The van der Waals surface area contributed by atoms with Gasteiger partial charge in [0, 0.05) is 6.04 Å². The predicted octanol–water partition coefficient (Wildman–Crippen LogP) is 5.21. The molecule has 0 saturated heterocycles. The average Bonchev–Trinajstić information content (AvgIpc) is 2.29. The highest BCUT2D eigenvalue weighted by molar-refractivity contribution is 6.33. The van der Waals surface area contributed by atoms with Gasteiger partial charge in [0.15, 0.2) is 0 Å². The largest absolute Gasteiger partial charge is 0.416 e. The molecule has 0 aliphatic heterocycles. The minimum atomic E-state index is -4.36. The molecule has 5 heteroatoms. The lowest BCUT2D eigenvalue weighted by molar-refractivity contribution is -0.137. The fraction of sp³-hybridized carbons (Fsp3) is 0.538. The molecule has 0 saturated carbocycles. The van der Waals surface area contributed by atoms with Gasteiger partial charge in [-0.05, 0) is 31.0 Å². The monoisotopic (exact) mass is 279 g/mol. The number of hydrogen-bond acceptors (Lipinski definition) is 1. The molecule has 0 spiro atoms. The van der Waals surface area contributed by atoms with E-state index in [9.17, 15) is 13.2 Å². The molecule has 1 N–H and O–H groups in total. The van der Waals surface area contributed by atoms with Crippen molar-refractivity contribution in [3.63, 3.8) is 0 Å². The Bertz CT molecular complexity index is 404. The Labute approximate surface area is 110 Å². The van der Waals surface area contributed by atoms with Crippen molar-refractivity contribution in [3.8, 4) is 0 Å². The molecule has 0 amide bonds. The molecule has 0 aliphatic carbocycles. The molecule has 2 atom stereocenters. The number of rotatable bonds is 4. The van der Waals surface area contributed by atoms with E-state index in [-0.39, 0.29) is 11.1 Å². The molecule has 1 aromatic rings. The molecular formula is C13H17ClF3N. The molecule has 0 bridgehead atoms. The second-order valence-electron chi connectivity index (χ2n) is 4.51. The van der Waals surface area contributed by atoms with Gasteiger partial charge < -0.3 is 5.32 Å². The van der Waals surface area contributed by atoms with E-state index in [0.29, 0.717) is 11.6 Å². The minimum absolute atomic E-state index is 0.0972. The van der Waals surface area contributed by atoms with Crippen LogP contribution in [0.2, 0.25) is 5.02 Å². The normalized spacial score (nSPS) is 15.3. The van der Waals surface area contributed by atoms with Crippen LogP contribution >= 0.6 is 11.6 Å². The SMILES string of the molecule is CCC(C)C(C)Nc1ccc(C(F)(F)F)cc1Cl. The molecule has 2 unspecified atom stereocenters. The third-order valence-electron chi connectivity index (χ3n) is 3.18. The lowest BCUT2D eigenvalue weighted by Crippen LogP contribution is -2.23. The van der Waals surface area contributed by atoms with Gasteiger partial charge in [-0.15, -0.1) is 0 Å². The van der Waals surface area contributed by atoms with Crippen molar-refractivity contribution in [1.29, 1.82) is 0 Å². The summed E-state index contributed by atoms with van der Waals surface area (Å²) in [6.07, 6.45) is -3.36. The summed E-state index contributed by atoms with van der Waals surface area (Å²) in [6, 6.07) is 3.53. The van der Waals surface area contributed by atoms with Crippen molar-refractivity contribution in [1.82, 2.24) is 0 Å². The van der Waals surface area contributed by atoms with Crippen LogP contribution in [-0.4, -0.2) is 6.04 Å². The first-order valence-corrected chi connectivity index (χ1v) is 6.26. The van der Waals surface area contributed by atoms with E-state index in [2.05, 4.69) is 19.2 Å². The summed E-state index contributed by atoms with van der Waals surface area (Å²) in [6.45, 7) is 6.13. The van der Waals surface area contributed by atoms with Crippen molar-refractivity contribution < 1.29 is 13.2 Å². The van der Waals surface area contributed by atoms with Crippen molar-refractivity contribution in [2.24, 2.45) is 5.92 Å². The number of hydrogen-bond donors (Lipinski definition) is 1. The van der Waals surface area contributed by atoms with Crippen molar-refractivity contribution in [2.45, 2.75) is 39.4 Å². The van der Waals surface area contributed by atoms with Crippen LogP contribution in [0.4, 0.5) is 18.9 Å². The van der Waals surface area contributed by atoms with Crippen LogP contribution in [0.3, 0.4) is 0 Å². The van der Waals surface area contributed by atoms with Crippen LogP contribution in [0.15, 0.2) is 18.2 Å². The van der Waals surface area contributed by atoms with Gasteiger partial charge in [0.05, 0.1) is 16.3 Å². The molecule has 1 aromatic carbocycles. The fourth-order valence-corrected chi connectivity index (χ4v) is 1.78. The van der Waals surface area contributed by atoms with Crippen LogP contribution in [0.1, 0.15) is 32.8 Å². The number of alkyl halides is 3. The van der Waals surface area contributed by atoms with Crippen LogP contribution in [0.25, 0.3) is 0 Å². The standard InChI is InChI=1S/C13H17ClF3N/c1-4-8(2)9(3)18-12-6-5-10(7-11(12)14)13(15,16)17/h5-9,18H,4H2,1-3H3. The lowest BCUT2D eigenvalue weighted by Gasteiger charge is -2.22. The van der Waals surface area contributed by atoms with Gasteiger partial charge in [-0.3, -0.25) is 0 Å². The topological polar surface area (TPSA) is 12.0 Å². The Hall–Kier alpha value is -0.900. The first-order valence-electron chi connectivity index (χ1n) is 5.89. The number of halogens is 4. The van der Waals surface area contributed by atoms with E-state index in [1.165, 1.54) is 6.07 Å². The molecule has 102 valence electrons. The van der Waals surface area contributed by atoms with Crippen molar-refractivity contribution >= 4 is 17.3 Å². The molecular weight excluding hydrogens is 263 g/mol. The maximum Gasteiger partial charge on any atom is 0.416 e. The van der Waals surface area contributed by atoms with Gasteiger partial charge >= 0.3 is 6.18 Å². The van der Waals surface area contributed by atoms with Crippen LogP contribution in [-0.2, 0) is 6.18 Å². The van der Waals surface area contributed by atoms with Crippen LogP contribution in [0.5, 0.6) is 0 Å². The second kappa shape index (κ2) is 5.83. The predicted molar refractivity (Wildman–Crippen MR) is 69.0 cm³/mol. The van der Waals surface area contributed by atoms with Gasteiger partial charge in [-0.2, -0.15) is 13.2 Å². The second-order valence-corrected chi connectivity index (χ2v) is 4.92. The first-order chi connectivity index (χ1) is 8.25. The fourth-order valence-electron chi connectivity index (χ4n) is 1.55. The van der Waals surface area contributed by atoms with Gasteiger partial charge in [0.2, 0.25) is 0 Å². The molecule has 1 rings (SSSR count). The summed E-state index contributed by atoms with van der Waals surface area (Å²) < 4.78 is 37.4. The molecule has 1 nitrogen and oxygen atoms in total. The molecule has 0 aliphatic rings. The summed E-state index contributed by atoms with van der Waals surface area (Å²) in [5.74, 6) is 0.420. The molecule has 0 heterocycles. The summed E-state index contributed by atoms with van der Waals surface area (Å²) in [5.41, 5.74) is -0.188. The zero-order valence-electron chi connectivity index (χ0n) is 10.6. The van der Waals surface area contributed by atoms with Gasteiger partial charge in [0.25, 0.3) is 0 Å². The Morgan fingerprint density at radius 1 is 1.28 bits per heavy atom. The third-order valence-corrected chi connectivity index (χ3v) is 3.49. The zero-order chi connectivity index (χ0) is 13.9. The lowest BCUT2D eigenvalue weighted by atomic mass is 10.0. The number of anilines is 1. The van der Waals surface area contributed by atoms with Gasteiger partial charge in [-0.25, -0.2) is 0 Å². The van der Waals surface area contributed by atoms with E-state index < -0.39 is 11.7 Å². The number of nitrogens with one attached hydrogen (secondary N) is 1. The summed E-state index contributed by atoms with van der Waals surface area (Å²) >= 11 is 5.86. The highest BCUT2D eigenvalue weighted by Gasteiger charge is 2.31. The Kier molecular flexibility index (Phi) is 4.91. The zero-order valence-corrected chi connectivity index (χ0v) is 11.4. The quantitative estimate of drug-likeness (QED) is 0.798. The molecule has 0 radical (unpaired) electrons. The van der Waals surface area contributed by atoms with Gasteiger partial charge in [0.1, 0.15) is 0 Å². The smallest absolute Gasteiger partial charge is 0.381 e. The number of benzene rings is 1. The first kappa shape index (κ1) is 15.2. The molecule has 18 heavy (non-hydrogen) atoms. The Balaban J connectivity index is 2.87. The molecule has 0 aromatic heterocycles. The van der Waals surface area contributed by atoms with Crippen LogP contribution in [0, 0.1) is 5.92 Å². The van der Waals surface area contributed by atoms with Crippen molar-refractivity contribution in [2.75, 3.05) is 5.32 Å². The van der Waals surface area contributed by atoms with Gasteiger partial charge in [-0.1, -0.05) is 31.9 Å². The van der Waals surface area contributed by atoms with E-state index in [4.69, 9.17) is 11.6 Å². The molecule has 0 fully saturated rings. The van der Waals surface area contributed by atoms with Crippen LogP contribution < -0.4 is 5.32 Å². The highest BCUT2D eigenvalue weighted by atomic mass is 35.5. The maximum atomic E-state index is 12.5. The van der Waals surface area contributed by atoms with Crippen molar-refractivity contribution in [3.05, 3.63) is 28.8 Å². The van der Waals surface area contributed by atoms with E-state index in [1.54, 1.807) is 0 Å². The Morgan fingerprint density at radius 3 is 2.33 bits per heavy atom. The summed E-state index contributed by atoms with van der Waals surface area (Å²) in [7, 11) is 0. The average molecular weight is 280 g/mol. The summed E-state index contributed by atoms with van der Waals surface area (Å²) in [4.78, 5) is 0. The Morgan fingerprint density at radius 2 is 1.89 bits per heavy atom. The highest BCUT2D eigenvalue weighted by Crippen LogP contribution is 2.34. The minimum Gasteiger partial charge on any atom is -0.381 e. The summed E-state index contributed by atoms with van der Waals surface area (Å²) in [5, 5.41) is 3.24.